The summed E-state index contributed by atoms with van der Waals surface area (Å²) >= 11 is 26.0. The van der Waals surface area contributed by atoms with E-state index in [4.69, 9.17) is 28.5 Å². The number of aromatic carboxylic acids is 1. The molecule has 41 heavy (non-hydrogen) atoms. The van der Waals surface area contributed by atoms with E-state index in [0.29, 0.717) is 21.4 Å². The minimum Gasteiger partial charge on any atom is -0.478 e. The molecule has 0 aliphatic rings. The molecule has 0 atom stereocenters. The van der Waals surface area contributed by atoms with Crippen LogP contribution in [0.1, 0.15) is 15.9 Å². The number of aromatic nitrogens is 1. The zero-order valence-electron chi connectivity index (χ0n) is 21.0. The van der Waals surface area contributed by atoms with Gasteiger partial charge in [-0.2, -0.15) is 5.26 Å². The largest absolute Gasteiger partial charge is 0.478 e. The van der Waals surface area contributed by atoms with E-state index in [0.717, 1.165) is 27.5 Å². The Morgan fingerprint density at radius 1 is 0.805 bits per heavy atom. The molecule has 11 heteroatoms. The van der Waals surface area contributed by atoms with Crippen LogP contribution in [0, 0.1) is 11.3 Å². The summed E-state index contributed by atoms with van der Waals surface area (Å²) in [4.78, 5) is 15.5. The average Bonchev–Trinajstić information content (AvgIpc) is 2.93. The van der Waals surface area contributed by atoms with Crippen molar-refractivity contribution in [2.75, 3.05) is 0 Å². The predicted octanol–water partition coefficient (Wildman–Crippen LogP) is 11.1. The molecule has 0 radical (unpaired) electrons. The van der Waals surface area contributed by atoms with Crippen molar-refractivity contribution in [3.05, 3.63) is 125 Å². The molecule has 1 N–H and O–H groups in total. The van der Waals surface area contributed by atoms with E-state index in [9.17, 15) is 14.5 Å². The van der Waals surface area contributed by atoms with Gasteiger partial charge in [0.05, 0.1) is 18.1 Å². The van der Waals surface area contributed by atoms with Crippen LogP contribution >= 0.6 is 62.1 Å². The number of pyridine rings is 1. The van der Waals surface area contributed by atoms with Crippen molar-refractivity contribution in [3.63, 3.8) is 0 Å². The zero-order chi connectivity index (χ0) is 30.0. The van der Waals surface area contributed by atoms with Gasteiger partial charge in [-0.3, -0.25) is 4.57 Å². The van der Waals surface area contributed by atoms with Crippen molar-refractivity contribution >= 4 is 78.9 Å². The first-order valence-electron chi connectivity index (χ1n) is 11.8. The molecule has 0 saturated carbocycles. The highest BCUT2D eigenvalue weighted by atomic mass is 36.0. The first kappa shape index (κ1) is 32.4. The third kappa shape index (κ3) is 9.76. The summed E-state index contributed by atoms with van der Waals surface area (Å²) in [5.41, 5.74) is 4.44. The van der Waals surface area contributed by atoms with Crippen LogP contribution in [0.3, 0.4) is 0 Å². The van der Waals surface area contributed by atoms with Crippen molar-refractivity contribution in [2.24, 2.45) is 0 Å². The zero-order valence-corrected chi connectivity index (χ0v) is 25.7. The number of hydrogen-bond acceptors (Lipinski definition) is 4. The van der Waals surface area contributed by atoms with E-state index in [-0.39, 0.29) is 12.0 Å². The molecule has 5 nitrogen and oxygen atoms in total. The SMILES string of the molecule is Clc1cc2cccc(-c3ccccc3)c2c(Cl)n1.N#CCc1cccc(-c2ccccc2)c1C(=O)O.O=P(Cl)(Cl)Cl. The number of carbonyl (C=O) groups is 1. The molecule has 5 aromatic rings. The van der Waals surface area contributed by atoms with Crippen molar-refractivity contribution < 1.29 is 14.5 Å². The molecule has 0 unspecified atom stereocenters. The van der Waals surface area contributed by atoms with Gasteiger partial charge < -0.3 is 5.11 Å². The number of hydrogen-bond donors (Lipinski definition) is 1. The highest BCUT2D eigenvalue weighted by molar-refractivity contribution is 8.24. The van der Waals surface area contributed by atoms with Crippen LogP contribution in [-0.2, 0) is 11.0 Å². The van der Waals surface area contributed by atoms with Gasteiger partial charge in [-0.1, -0.05) is 120 Å². The van der Waals surface area contributed by atoms with Crippen LogP contribution in [0.4, 0.5) is 0 Å². The van der Waals surface area contributed by atoms with Crippen molar-refractivity contribution in [2.45, 2.75) is 6.42 Å². The van der Waals surface area contributed by atoms with Crippen molar-refractivity contribution in [1.29, 1.82) is 5.26 Å². The lowest BCUT2D eigenvalue weighted by molar-refractivity contribution is 0.0696. The number of carboxylic acids is 1. The molecule has 1 heterocycles. The fraction of sp³-hybridized carbons (Fsp3) is 0.0333. The summed E-state index contributed by atoms with van der Waals surface area (Å²) in [6.07, 6.45) is 0.0995. The van der Waals surface area contributed by atoms with Crippen LogP contribution in [0.5, 0.6) is 0 Å². The Morgan fingerprint density at radius 2 is 1.32 bits per heavy atom. The van der Waals surface area contributed by atoms with E-state index in [1.165, 1.54) is 0 Å². The molecule has 0 aliphatic carbocycles. The second kappa shape index (κ2) is 15.2. The lowest BCUT2D eigenvalue weighted by Gasteiger charge is -2.09. The molecule has 1 aromatic heterocycles. The molecule has 0 spiro atoms. The average molecular weight is 665 g/mol. The summed E-state index contributed by atoms with van der Waals surface area (Å²) < 4.78 is 9.51. The van der Waals surface area contributed by atoms with Crippen LogP contribution in [-0.4, -0.2) is 16.1 Å². The van der Waals surface area contributed by atoms with Crippen LogP contribution < -0.4 is 0 Å². The monoisotopic (exact) mass is 662 g/mol. The van der Waals surface area contributed by atoms with Gasteiger partial charge in [-0.05, 0) is 73.0 Å². The highest BCUT2D eigenvalue weighted by Gasteiger charge is 2.16. The number of fused-ring (bicyclic) bond motifs is 1. The number of rotatable bonds is 4. The minimum atomic E-state index is -3.22. The molecule has 0 amide bonds. The van der Waals surface area contributed by atoms with Gasteiger partial charge >= 0.3 is 11.2 Å². The summed E-state index contributed by atoms with van der Waals surface area (Å²) in [7, 11) is 0. The lowest BCUT2D eigenvalue weighted by atomic mass is 9.94. The maximum Gasteiger partial charge on any atom is 0.339 e. The number of benzene rings is 4. The Labute approximate surface area is 261 Å². The van der Waals surface area contributed by atoms with E-state index in [1.54, 1.807) is 18.2 Å². The van der Waals surface area contributed by atoms with Crippen LogP contribution in [0.25, 0.3) is 33.0 Å². The molecule has 0 aliphatic heterocycles. The number of halogens is 5. The van der Waals surface area contributed by atoms with Gasteiger partial charge in [0.15, 0.2) is 0 Å². The molecule has 208 valence electrons. The molecule has 5 rings (SSSR count). The normalized spacial score (nSPS) is 10.4. The number of nitriles is 1. The standard InChI is InChI=1S/C15H9Cl2N.C15H11NO2.Cl3OP/c16-13-9-11-7-4-8-12(14(11)15(17)18-13)10-5-2-1-3-6-10;16-10-9-12-7-4-8-13(14(12)15(17)18)11-5-2-1-3-6-11;1-5(2,3)4/h1-9H;1-8H,9H2,(H,17,18);. The first-order chi connectivity index (χ1) is 19.5. The van der Waals surface area contributed by atoms with Gasteiger partial charge in [0.1, 0.15) is 10.3 Å². The van der Waals surface area contributed by atoms with Gasteiger partial charge in [-0.15, -0.1) is 0 Å². The van der Waals surface area contributed by atoms with Crippen molar-refractivity contribution in [1.82, 2.24) is 4.98 Å². The van der Waals surface area contributed by atoms with Gasteiger partial charge in [0.2, 0.25) is 0 Å². The summed E-state index contributed by atoms with van der Waals surface area (Å²) in [5.74, 6) is -1.00. The van der Waals surface area contributed by atoms with Crippen molar-refractivity contribution in [3.8, 4) is 28.3 Å². The lowest BCUT2D eigenvalue weighted by Crippen LogP contribution is -2.04. The van der Waals surface area contributed by atoms with Crippen LogP contribution in [0.2, 0.25) is 10.3 Å². The molecule has 0 bridgehead atoms. The van der Waals surface area contributed by atoms with E-state index < -0.39 is 11.2 Å². The van der Waals surface area contributed by atoms with E-state index >= 15 is 0 Å². The van der Waals surface area contributed by atoms with Gasteiger partial charge in [-0.25, -0.2) is 9.78 Å². The molecule has 0 saturated heterocycles. The Morgan fingerprint density at radius 3 is 1.85 bits per heavy atom. The molecule has 4 aromatic carbocycles. The quantitative estimate of drug-likeness (QED) is 0.152. The maximum absolute atomic E-state index is 11.4. The Kier molecular flexibility index (Phi) is 12.1. The second-order valence-electron chi connectivity index (χ2n) is 8.25. The fourth-order valence-electron chi connectivity index (χ4n) is 4.03. The first-order valence-corrected chi connectivity index (χ1v) is 16.9. The summed E-state index contributed by atoms with van der Waals surface area (Å²) in [5, 5.41) is 17.6. The summed E-state index contributed by atoms with van der Waals surface area (Å²) in [6, 6.07) is 34.5. The fourth-order valence-corrected chi connectivity index (χ4v) is 4.58. The topological polar surface area (TPSA) is 91.1 Å². The predicted molar refractivity (Wildman–Crippen MR) is 171 cm³/mol. The van der Waals surface area contributed by atoms with Gasteiger partial charge in [0.25, 0.3) is 0 Å². The summed E-state index contributed by atoms with van der Waals surface area (Å²) in [6.45, 7) is 0. The third-order valence-corrected chi connectivity index (χ3v) is 6.05. The smallest absolute Gasteiger partial charge is 0.339 e. The number of nitrogens with zero attached hydrogens (tertiary/aromatic N) is 2. The van der Waals surface area contributed by atoms with Gasteiger partial charge in [0, 0.05) is 5.39 Å². The molecular formula is C30H20Cl5N2O3P. The third-order valence-electron chi connectivity index (χ3n) is 5.59. The van der Waals surface area contributed by atoms with E-state index in [2.05, 4.69) is 50.8 Å². The Balaban J connectivity index is 0.000000194. The second-order valence-corrected chi connectivity index (χ2v) is 15.6. The Hall–Kier alpha value is -3.07. The minimum absolute atomic E-state index is 0.0995. The molecule has 0 fully saturated rings. The maximum atomic E-state index is 11.4. The number of carboxylic acid groups (broad SMARTS) is 1. The molecular weight excluding hydrogens is 645 g/mol. The Bertz CT molecular complexity index is 1730. The van der Waals surface area contributed by atoms with E-state index in [1.807, 2.05) is 78.9 Å². The van der Waals surface area contributed by atoms with Crippen LogP contribution in [0.15, 0.2) is 103 Å². The highest BCUT2D eigenvalue weighted by Crippen LogP contribution is 2.61.